The van der Waals surface area contributed by atoms with Crippen molar-refractivity contribution in [3.8, 4) is 0 Å². The van der Waals surface area contributed by atoms with Crippen LogP contribution >= 0.6 is 0 Å². The van der Waals surface area contributed by atoms with E-state index < -0.39 is 17.7 Å². The highest BCUT2D eigenvalue weighted by Gasteiger charge is 2.40. The molecule has 0 fully saturated rings. The molecule has 33 heavy (non-hydrogen) atoms. The van der Waals surface area contributed by atoms with Gasteiger partial charge in [-0.15, -0.1) is 0 Å². The van der Waals surface area contributed by atoms with Gasteiger partial charge >= 0.3 is 0 Å². The molecule has 1 aliphatic heterocycles. The highest BCUT2D eigenvalue weighted by molar-refractivity contribution is 6.04. The van der Waals surface area contributed by atoms with Crippen LogP contribution in [0.5, 0.6) is 0 Å². The second-order valence-corrected chi connectivity index (χ2v) is 8.44. The smallest absolute Gasteiger partial charge is 0.255 e. The molecule has 4 rings (SSSR count). The minimum absolute atomic E-state index is 0.0119. The Balaban J connectivity index is 1.52. The first-order chi connectivity index (χ1) is 15.8. The second-order valence-electron chi connectivity index (χ2n) is 8.44. The molecule has 0 aromatic heterocycles. The lowest BCUT2D eigenvalue weighted by molar-refractivity contribution is -0.125. The summed E-state index contributed by atoms with van der Waals surface area (Å²) in [6, 6.07) is 17.5. The predicted octanol–water partition coefficient (Wildman–Crippen LogP) is 4.04. The van der Waals surface area contributed by atoms with Gasteiger partial charge in [-0.2, -0.15) is 0 Å². The second kappa shape index (κ2) is 9.50. The number of hydrogen-bond donors (Lipinski definition) is 1. The number of nitrogens with one attached hydrogen (secondary N) is 1. The molecule has 1 N–H and O–H groups in total. The van der Waals surface area contributed by atoms with Crippen molar-refractivity contribution in [3.05, 3.63) is 106 Å². The van der Waals surface area contributed by atoms with Gasteiger partial charge in [0, 0.05) is 25.2 Å². The number of carbonyl (C=O) groups is 2. The van der Waals surface area contributed by atoms with Crippen molar-refractivity contribution in [2.75, 3.05) is 14.1 Å². The maximum absolute atomic E-state index is 13.7. The number of fused-ring (bicyclic) bond motifs is 1. The molecule has 1 atom stereocenters. The molecule has 1 unspecified atom stereocenters. The van der Waals surface area contributed by atoms with Gasteiger partial charge in [0.15, 0.2) is 11.6 Å². The van der Waals surface area contributed by atoms with E-state index in [0.717, 1.165) is 24.2 Å². The number of nitrogens with zero attached hydrogens (tertiary/aromatic N) is 2. The lowest BCUT2D eigenvalue weighted by Crippen LogP contribution is -2.38. The van der Waals surface area contributed by atoms with E-state index in [1.807, 2.05) is 38.4 Å². The Morgan fingerprint density at radius 3 is 2.30 bits per heavy atom. The van der Waals surface area contributed by atoms with Crippen molar-refractivity contribution in [1.29, 1.82) is 0 Å². The molecule has 5 nitrogen and oxygen atoms in total. The normalized spacial score (nSPS) is 15.1. The molecule has 3 aromatic rings. The van der Waals surface area contributed by atoms with Gasteiger partial charge in [-0.1, -0.05) is 48.5 Å². The van der Waals surface area contributed by atoms with Crippen LogP contribution in [0.15, 0.2) is 66.7 Å². The number of amides is 2. The summed E-state index contributed by atoms with van der Waals surface area (Å²) in [5, 5.41) is 2.92. The van der Waals surface area contributed by atoms with E-state index >= 15 is 0 Å². The van der Waals surface area contributed by atoms with Crippen LogP contribution < -0.4 is 5.32 Å². The van der Waals surface area contributed by atoms with Crippen LogP contribution in [0.3, 0.4) is 0 Å². The molecule has 7 heteroatoms. The number of halogens is 2. The van der Waals surface area contributed by atoms with E-state index in [4.69, 9.17) is 0 Å². The van der Waals surface area contributed by atoms with Crippen LogP contribution in [0.1, 0.15) is 38.7 Å². The van der Waals surface area contributed by atoms with E-state index in [9.17, 15) is 18.4 Å². The van der Waals surface area contributed by atoms with Gasteiger partial charge in [-0.05, 0) is 54.5 Å². The predicted molar refractivity (Wildman–Crippen MR) is 121 cm³/mol. The quantitative estimate of drug-likeness (QED) is 0.592. The highest BCUT2D eigenvalue weighted by atomic mass is 19.2. The van der Waals surface area contributed by atoms with Crippen LogP contribution in [0.2, 0.25) is 0 Å². The summed E-state index contributed by atoms with van der Waals surface area (Å²) in [6.07, 6.45) is 0. The minimum atomic E-state index is -0.990. The molecule has 3 aromatic carbocycles. The molecule has 1 aliphatic rings. The minimum Gasteiger partial charge on any atom is -0.350 e. The zero-order valence-electron chi connectivity index (χ0n) is 18.5. The molecular formula is C26H25F2N3O2. The molecule has 1 heterocycles. The van der Waals surface area contributed by atoms with Crippen molar-refractivity contribution >= 4 is 11.8 Å². The van der Waals surface area contributed by atoms with E-state index in [-0.39, 0.29) is 18.4 Å². The van der Waals surface area contributed by atoms with Gasteiger partial charge in [0.05, 0.1) is 0 Å². The van der Waals surface area contributed by atoms with Crippen molar-refractivity contribution in [2.24, 2.45) is 0 Å². The van der Waals surface area contributed by atoms with Crippen molar-refractivity contribution in [1.82, 2.24) is 15.1 Å². The van der Waals surface area contributed by atoms with Gasteiger partial charge in [-0.25, -0.2) is 8.78 Å². The van der Waals surface area contributed by atoms with Gasteiger partial charge in [-0.3, -0.25) is 9.59 Å². The van der Waals surface area contributed by atoms with Gasteiger partial charge in [0.2, 0.25) is 5.91 Å². The van der Waals surface area contributed by atoms with E-state index in [1.54, 1.807) is 24.3 Å². The first-order valence-electron chi connectivity index (χ1n) is 10.7. The molecule has 0 bridgehead atoms. The third kappa shape index (κ3) is 4.93. The molecule has 0 radical (unpaired) electrons. The van der Waals surface area contributed by atoms with Gasteiger partial charge in [0.1, 0.15) is 6.04 Å². The summed E-state index contributed by atoms with van der Waals surface area (Å²) in [5.41, 5.74) is 3.56. The van der Waals surface area contributed by atoms with Crippen molar-refractivity contribution in [3.63, 3.8) is 0 Å². The topological polar surface area (TPSA) is 52.7 Å². The molecule has 0 aliphatic carbocycles. The van der Waals surface area contributed by atoms with Crippen LogP contribution in [0, 0.1) is 11.6 Å². The fraction of sp³-hybridized carbons (Fsp3) is 0.231. The number of benzene rings is 3. The summed E-state index contributed by atoms with van der Waals surface area (Å²) < 4.78 is 27.1. The Bertz CT molecular complexity index is 1180. The Morgan fingerprint density at radius 2 is 1.61 bits per heavy atom. The summed E-state index contributed by atoms with van der Waals surface area (Å²) >= 11 is 0. The zero-order valence-corrected chi connectivity index (χ0v) is 18.5. The summed E-state index contributed by atoms with van der Waals surface area (Å²) in [7, 11) is 4.00. The van der Waals surface area contributed by atoms with E-state index in [1.165, 1.54) is 16.5 Å². The average Bonchev–Trinajstić information content (AvgIpc) is 3.07. The lowest BCUT2D eigenvalue weighted by Gasteiger charge is -2.25. The first kappa shape index (κ1) is 22.6. The fourth-order valence-corrected chi connectivity index (χ4v) is 4.06. The number of rotatable bonds is 7. The van der Waals surface area contributed by atoms with Crippen molar-refractivity contribution < 1.29 is 18.4 Å². The third-order valence-electron chi connectivity index (χ3n) is 5.63. The molecule has 0 saturated heterocycles. The average molecular weight is 450 g/mol. The zero-order chi connectivity index (χ0) is 23.5. The number of hydrogen-bond acceptors (Lipinski definition) is 3. The maximum atomic E-state index is 13.7. The lowest BCUT2D eigenvalue weighted by atomic mass is 10.0. The summed E-state index contributed by atoms with van der Waals surface area (Å²) in [4.78, 5) is 29.7. The fourth-order valence-electron chi connectivity index (χ4n) is 4.06. The maximum Gasteiger partial charge on any atom is 0.255 e. The van der Waals surface area contributed by atoms with Gasteiger partial charge in [0.25, 0.3) is 5.91 Å². The van der Waals surface area contributed by atoms with Crippen LogP contribution in [0.4, 0.5) is 8.78 Å². The summed E-state index contributed by atoms with van der Waals surface area (Å²) in [6.45, 7) is 1.13. The van der Waals surface area contributed by atoms with Crippen molar-refractivity contribution in [2.45, 2.75) is 25.7 Å². The molecule has 0 saturated carbocycles. The Hall–Kier alpha value is -3.58. The number of carbonyl (C=O) groups excluding carboxylic acids is 2. The third-order valence-corrected chi connectivity index (χ3v) is 5.63. The molecule has 0 spiro atoms. The van der Waals surface area contributed by atoms with Crippen LogP contribution in [-0.2, 0) is 24.4 Å². The Labute approximate surface area is 191 Å². The first-order valence-corrected chi connectivity index (χ1v) is 10.7. The standard InChI is InChI=1S/C26H25F2N3O2/c1-30(2)15-18-9-7-17(8-10-18)14-29-25(32)24-20-5-3-4-6-21(20)26(33)31(24)16-19-11-12-22(27)23(28)13-19/h3-13,24H,14-16H2,1-2H3,(H,29,32). The highest BCUT2D eigenvalue weighted by Crippen LogP contribution is 2.35. The van der Waals surface area contributed by atoms with Crippen LogP contribution in [-0.4, -0.2) is 35.7 Å². The largest absolute Gasteiger partial charge is 0.350 e. The van der Waals surface area contributed by atoms with Crippen LogP contribution in [0.25, 0.3) is 0 Å². The van der Waals surface area contributed by atoms with E-state index in [0.29, 0.717) is 23.2 Å². The monoisotopic (exact) mass is 449 g/mol. The SMILES string of the molecule is CN(C)Cc1ccc(CNC(=O)C2c3ccccc3C(=O)N2Cc2ccc(F)c(F)c2)cc1. The van der Waals surface area contributed by atoms with E-state index in [2.05, 4.69) is 10.2 Å². The Kier molecular flexibility index (Phi) is 6.51. The summed E-state index contributed by atoms with van der Waals surface area (Å²) in [5.74, 6) is -2.59. The Morgan fingerprint density at radius 1 is 0.939 bits per heavy atom. The van der Waals surface area contributed by atoms with Gasteiger partial charge < -0.3 is 15.1 Å². The molecule has 2 amide bonds. The molecule has 170 valence electrons. The molecular weight excluding hydrogens is 424 g/mol.